The minimum Gasteiger partial charge on any atom is -0.495 e. The molecule has 150 valence electrons. The Bertz CT molecular complexity index is 1140. The number of rotatable bonds is 6. The van der Waals surface area contributed by atoms with Gasteiger partial charge in [-0.25, -0.2) is 13.2 Å². The summed E-state index contributed by atoms with van der Waals surface area (Å²) in [5.41, 5.74) is 2.53. The summed E-state index contributed by atoms with van der Waals surface area (Å²) in [7, 11) is -0.898. The van der Waals surface area contributed by atoms with Gasteiger partial charge in [-0.2, -0.15) is 0 Å². The van der Waals surface area contributed by atoms with Crippen LogP contribution in [0.4, 0.5) is 0 Å². The number of pyridine rings is 1. The second-order valence-electron chi connectivity index (χ2n) is 6.21. The summed E-state index contributed by atoms with van der Waals surface area (Å²) in [4.78, 5) is 15.9. The Kier molecular flexibility index (Phi) is 6.34. The van der Waals surface area contributed by atoms with Crippen LogP contribution in [0.3, 0.4) is 0 Å². The molecule has 0 unspecified atom stereocenters. The highest BCUT2D eigenvalue weighted by Gasteiger charge is 2.21. The molecule has 3 aromatic rings. The summed E-state index contributed by atoms with van der Waals surface area (Å²) in [6, 6.07) is 13.4. The third-order valence-corrected chi connectivity index (χ3v) is 6.45. The van der Waals surface area contributed by atoms with E-state index in [0.717, 1.165) is 11.1 Å². The van der Waals surface area contributed by atoms with Gasteiger partial charge in [-0.05, 0) is 47.5 Å². The first-order chi connectivity index (χ1) is 13.8. The number of sulfone groups is 1. The lowest BCUT2D eigenvalue weighted by Gasteiger charge is -2.11. The lowest BCUT2D eigenvalue weighted by Crippen LogP contribution is -2.07. The molecular formula is C21H18BrNO5S. The topological polar surface area (TPSA) is 82.6 Å². The van der Waals surface area contributed by atoms with Gasteiger partial charge in [-0.3, -0.25) is 4.98 Å². The number of methoxy groups -OCH3 is 2. The molecular weight excluding hydrogens is 458 g/mol. The summed E-state index contributed by atoms with van der Waals surface area (Å²) in [5, 5.41) is 0. The molecule has 1 heterocycles. The summed E-state index contributed by atoms with van der Waals surface area (Å²) in [6.45, 7) is 0. The maximum absolute atomic E-state index is 13.0. The van der Waals surface area contributed by atoms with E-state index in [1.807, 2.05) is 0 Å². The van der Waals surface area contributed by atoms with E-state index in [0.29, 0.717) is 15.6 Å². The maximum Gasteiger partial charge on any atom is 0.337 e. The first kappa shape index (κ1) is 21.0. The Morgan fingerprint density at radius 1 is 1.00 bits per heavy atom. The molecule has 0 saturated carbocycles. The smallest absolute Gasteiger partial charge is 0.337 e. The minimum absolute atomic E-state index is 0.113. The quantitative estimate of drug-likeness (QED) is 0.494. The molecule has 0 bridgehead atoms. The van der Waals surface area contributed by atoms with E-state index in [9.17, 15) is 13.2 Å². The van der Waals surface area contributed by atoms with Gasteiger partial charge < -0.3 is 9.47 Å². The number of hydrogen-bond acceptors (Lipinski definition) is 6. The Labute approximate surface area is 177 Å². The SMILES string of the molecule is COC(=O)c1ccc(-c2cncc(CS(=O)(=O)c3cc(Br)ccc3OC)c2)cc1. The average molecular weight is 476 g/mol. The number of nitrogens with zero attached hydrogens (tertiary/aromatic N) is 1. The number of esters is 1. The van der Waals surface area contributed by atoms with Crippen molar-refractivity contribution >= 4 is 31.7 Å². The van der Waals surface area contributed by atoms with Crippen LogP contribution < -0.4 is 4.74 Å². The molecule has 0 aliphatic carbocycles. The lowest BCUT2D eigenvalue weighted by molar-refractivity contribution is 0.0600. The molecule has 0 spiro atoms. The Balaban J connectivity index is 1.90. The fourth-order valence-corrected chi connectivity index (χ4v) is 4.86. The number of carbonyl (C=O) groups is 1. The second kappa shape index (κ2) is 8.75. The van der Waals surface area contributed by atoms with Gasteiger partial charge in [0.2, 0.25) is 0 Å². The van der Waals surface area contributed by atoms with E-state index in [1.165, 1.54) is 26.5 Å². The standard InChI is InChI=1S/C21H18BrNO5S/c1-27-19-8-7-18(22)10-20(19)29(25,26)13-14-9-17(12-23-11-14)15-3-5-16(6-4-15)21(24)28-2/h3-12H,13H2,1-2H3. The van der Waals surface area contributed by atoms with Crippen LogP contribution >= 0.6 is 15.9 Å². The van der Waals surface area contributed by atoms with Crippen molar-refractivity contribution < 1.29 is 22.7 Å². The van der Waals surface area contributed by atoms with Crippen LogP contribution in [-0.2, 0) is 20.3 Å². The highest BCUT2D eigenvalue weighted by atomic mass is 79.9. The highest BCUT2D eigenvalue weighted by Crippen LogP contribution is 2.30. The number of aromatic nitrogens is 1. The van der Waals surface area contributed by atoms with Gasteiger partial charge in [0.1, 0.15) is 10.6 Å². The van der Waals surface area contributed by atoms with Crippen LogP contribution in [0.1, 0.15) is 15.9 Å². The molecule has 0 aliphatic rings. The minimum atomic E-state index is -3.66. The van der Waals surface area contributed by atoms with Gasteiger partial charge in [0.25, 0.3) is 0 Å². The monoisotopic (exact) mass is 475 g/mol. The van der Waals surface area contributed by atoms with Gasteiger partial charge in [0, 0.05) is 22.4 Å². The van der Waals surface area contributed by atoms with Crippen molar-refractivity contribution in [1.29, 1.82) is 0 Å². The van der Waals surface area contributed by atoms with Crippen molar-refractivity contribution in [3.8, 4) is 16.9 Å². The van der Waals surface area contributed by atoms with Gasteiger partial charge in [0.15, 0.2) is 9.84 Å². The van der Waals surface area contributed by atoms with Crippen LogP contribution in [0.25, 0.3) is 11.1 Å². The average Bonchev–Trinajstić information content (AvgIpc) is 2.73. The lowest BCUT2D eigenvalue weighted by atomic mass is 10.0. The van der Waals surface area contributed by atoms with Crippen LogP contribution in [0.2, 0.25) is 0 Å². The van der Waals surface area contributed by atoms with E-state index in [-0.39, 0.29) is 16.4 Å². The summed E-state index contributed by atoms with van der Waals surface area (Å²) < 4.78 is 36.5. The van der Waals surface area contributed by atoms with Crippen LogP contribution in [0, 0.1) is 0 Å². The molecule has 3 rings (SSSR count). The summed E-state index contributed by atoms with van der Waals surface area (Å²) in [5.74, 6) is -0.353. The van der Waals surface area contributed by atoms with Gasteiger partial charge in [-0.15, -0.1) is 0 Å². The molecule has 0 radical (unpaired) electrons. The van der Waals surface area contributed by atoms with Crippen LogP contribution in [0.15, 0.2) is 70.3 Å². The normalized spacial score (nSPS) is 11.1. The zero-order valence-corrected chi connectivity index (χ0v) is 18.2. The third kappa shape index (κ3) is 4.83. The van der Waals surface area contributed by atoms with Crippen molar-refractivity contribution in [3.63, 3.8) is 0 Å². The largest absolute Gasteiger partial charge is 0.495 e. The van der Waals surface area contributed by atoms with E-state index in [4.69, 9.17) is 9.47 Å². The molecule has 6 nitrogen and oxygen atoms in total. The van der Waals surface area contributed by atoms with Crippen molar-refractivity contribution in [2.24, 2.45) is 0 Å². The Hall–Kier alpha value is -2.71. The van der Waals surface area contributed by atoms with E-state index in [2.05, 4.69) is 20.9 Å². The fraction of sp³-hybridized carbons (Fsp3) is 0.143. The maximum atomic E-state index is 13.0. The van der Waals surface area contributed by atoms with E-state index >= 15 is 0 Å². The van der Waals surface area contributed by atoms with E-state index < -0.39 is 15.8 Å². The Morgan fingerprint density at radius 3 is 2.38 bits per heavy atom. The van der Waals surface area contributed by atoms with Crippen LogP contribution in [0.5, 0.6) is 5.75 Å². The summed E-state index contributed by atoms with van der Waals surface area (Å²) >= 11 is 3.30. The van der Waals surface area contributed by atoms with E-state index in [1.54, 1.807) is 48.7 Å². The molecule has 0 fully saturated rings. The molecule has 2 aromatic carbocycles. The number of halogens is 1. The number of ether oxygens (including phenoxy) is 2. The van der Waals surface area contributed by atoms with Crippen molar-refractivity contribution in [2.75, 3.05) is 14.2 Å². The predicted molar refractivity (Wildman–Crippen MR) is 113 cm³/mol. The predicted octanol–water partition coefficient (Wildman–Crippen LogP) is 4.28. The molecule has 8 heteroatoms. The van der Waals surface area contributed by atoms with Gasteiger partial charge >= 0.3 is 5.97 Å². The van der Waals surface area contributed by atoms with Crippen LogP contribution in [-0.4, -0.2) is 33.6 Å². The fourth-order valence-electron chi connectivity index (χ4n) is 2.83. The first-order valence-electron chi connectivity index (χ1n) is 8.53. The molecule has 29 heavy (non-hydrogen) atoms. The first-order valence-corrected chi connectivity index (χ1v) is 11.0. The zero-order chi connectivity index (χ0) is 21.0. The van der Waals surface area contributed by atoms with Crippen molar-refractivity contribution in [1.82, 2.24) is 4.98 Å². The number of hydrogen-bond donors (Lipinski definition) is 0. The molecule has 0 aliphatic heterocycles. The summed E-state index contributed by atoms with van der Waals surface area (Å²) in [6.07, 6.45) is 3.16. The second-order valence-corrected chi connectivity index (χ2v) is 9.08. The number of carbonyl (C=O) groups excluding carboxylic acids is 1. The molecule has 0 N–H and O–H groups in total. The van der Waals surface area contributed by atoms with Gasteiger partial charge in [-0.1, -0.05) is 28.1 Å². The Morgan fingerprint density at radius 2 is 1.72 bits per heavy atom. The molecule has 0 atom stereocenters. The van der Waals surface area contributed by atoms with Gasteiger partial charge in [0.05, 0.1) is 25.5 Å². The zero-order valence-electron chi connectivity index (χ0n) is 15.8. The third-order valence-electron chi connectivity index (χ3n) is 4.25. The number of benzene rings is 2. The highest BCUT2D eigenvalue weighted by molar-refractivity contribution is 9.10. The molecule has 1 aromatic heterocycles. The molecule has 0 saturated heterocycles. The van der Waals surface area contributed by atoms with Crippen molar-refractivity contribution in [2.45, 2.75) is 10.6 Å². The molecule has 0 amide bonds. The van der Waals surface area contributed by atoms with Crippen molar-refractivity contribution in [3.05, 3.63) is 76.5 Å².